The molecule has 0 aromatic heterocycles. The van der Waals surface area contributed by atoms with Gasteiger partial charge >= 0.3 is 0 Å². The van der Waals surface area contributed by atoms with Crippen molar-refractivity contribution in [3.8, 4) is 0 Å². The quantitative estimate of drug-likeness (QED) is 0.856. The standard InChI is InChI=1S/C14H24N2O2S/c1-3-6-11-14(18)16(10-7-5-8-19-9-10)12(4-2)13(17)15-11/h10-12H,3-9H2,1-2H3,(H,15,17). The van der Waals surface area contributed by atoms with Crippen LogP contribution in [0.15, 0.2) is 0 Å². The Balaban J connectivity index is 2.17. The number of rotatable bonds is 4. The van der Waals surface area contributed by atoms with E-state index in [2.05, 4.69) is 5.32 Å². The predicted molar refractivity (Wildman–Crippen MR) is 78.1 cm³/mol. The monoisotopic (exact) mass is 284 g/mol. The molecule has 1 N–H and O–H groups in total. The fraction of sp³-hybridized carbons (Fsp3) is 0.857. The Hall–Kier alpha value is -0.710. The summed E-state index contributed by atoms with van der Waals surface area (Å²) in [5, 5.41) is 2.90. The fourth-order valence-corrected chi connectivity index (χ4v) is 4.17. The van der Waals surface area contributed by atoms with E-state index >= 15 is 0 Å². The van der Waals surface area contributed by atoms with Gasteiger partial charge in [0.2, 0.25) is 11.8 Å². The van der Waals surface area contributed by atoms with Gasteiger partial charge in [0.1, 0.15) is 12.1 Å². The molecule has 2 fully saturated rings. The van der Waals surface area contributed by atoms with Gasteiger partial charge in [0.15, 0.2) is 0 Å². The van der Waals surface area contributed by atoms with E-state index in [0.717, 1.165) is 31.4 Å². The summed E-state index contributed by atoms with van der Waals surface area (Å²) in [6.45, 7) is 4.03. The molecule has 0 aliphatic carbocycles. The van der Waals surface area contributed by atoms with Crippen LogP contribution in [0.5, 0.6) is 0 Å². The second kappa shape index (κ2) is 6.64. The van der Waals surface area contributed by atoms with Crippen LogP contribution in [-0.4, -0.2) is 46.3 Å². The molecule has 0 radical (unpaired) electrons. The Morgan fingerprint density at radius 3 is 2.74 bits per heavy atom. The van der Waals surface area contributed by atoms with E-state index in [9.17, 15) is 9.59 Å². The molecule has 2 aliphatic heterocycles. The summed E-state index contributed by atoms with van der Waals surface area (Å²) in [6, 6.07) is -0.307. The Kier molecular flexibility index (Phi) is 5.13. The van der Waals surface area contributed by atoms with E-state index < -0.39 is 0 Å². The van der Waals surface area contributed by atoms with Gasteiger partial charge in [0, 0.05) is 11.8 Å². The molecule has 0 aromatic carbocycles. The first-order valence-corrected chi connectivity index (χ1v) is 8.54. The van der Waals surface area contributed by atoms with Crippen molar-refractivity contribution in [1.82, 2.24) is 10.2 Å². The van der Waals surface area contributed by atoms with Crippen molar-refractivity contribution in [2.75, 3.05) is 11.5 Å². The van der Waals surface area contributed by atoms with Crippen LogP contribution in [0.1, 0.15) is 46.0 Å². The van der Waals surface area contributed by atoms with Gasteiger partial charge in [0.05, 0.1) is 0 Å². The number of hydrogen-bond donors (Lipinski definition) is 1. The fourth-order valence-electron chi connectivity index (χ4n) is 3.03. The van der Waals surface area contributed by atoms with Crippen LogP contribution in [0.4, 0.5) is 0 Å². The topological polar surface area (TPSA) is 49.4 Å². The lowest BCUT2D eigenvalue weighted by Crippen LogP contribution is -2.66. The van der Waals surface area contributed by atoms with Crippen molar-refractivity contribution in [2.24, 2.45) is 0 Å². The second-order valence-electron chi connectivity index (χ2n) is 5.39. The largest absolute Gasteiger partial charge is 0.343 e. The molecular weight excluding hydrogens is 260 g/mol. The van der Waals surface area contributed by atoms with Gasteiger partial charge < -0.3 is 10.2 Å². The van der Waals surface area contributed by atoms with Gasteiger partial charge in [-0.15, -0.1) is 0 Å². The summed E-state index contributed by atoms with van der Waals surface area (Å²) < 4.78 is 0. The minimum Gasteiger partial charge on any atom is -0.343 e. The molecule has 0 saturated carbocycles. The van der Waals surface area contributed by atoms with Crippen LogP contribution in [0, 0.1) is 0 Å². The summed E-state index contributed by atoms with van der Waals surface area (Å²) in [4.78, 5) is 26.7. The highest BCUT2D eigenvalue weighted by Gasteiger charge is 2.42. The molecule has 2 aliphatic rings. The second-order valence-corrected chi connectivity index (χ2v) is 6.54. The number of thioether (sulfide) groups is 1. The molecule has 2 saturated heterocycles. The predicted octanol–water partition coefficient (Wildman–Crippen LogP) is 1.79. The molecule has 2 amide bonds. The highest BCUT2D eigenvalue weighted by atomic mass is 32.2. The number of nitrogens with zero attached hydrogens (tertiary/aromatic N) is 1. The lowest BCUT2D eigenvalue weighted by atomic mass is 9.98. The molecule has 108 valence electrons. The zero-order valence-corrected chi connectivity index (χ0v) is 12.7. The van der Waals surface area contributed by atoms with Crippen LogP contribution < -0.4 is 5.32 Å². The zero-order chi connectivity index (χ0) is 13.8. The Bertz CT molecular complexity index is 342. The van der Waals surface area contributed by atoms with E-state index in [4.69, 9.17) is 0 Å². The molecule has 0 bridgehead atoms. The SMILES string of the molecule is CCCC1NC(=O)C(CC)N(C2CCCSC2)C1=O. The normalized spacial score (nSPS) is 32.3. The number of nitrogens with one attached hydrogen (secondary N) is 1. The maximum Gasteiger partial charge on any atom is 0.246 e. The van der Waals surface area contributed by atoms with Crippen LogP contribution in [0.25, 0.3) is 0 Å². The maximum absolute atomic E-state index is 12.6. The lowest BCUT2D eigenvalue weighted by molar-refractivity contribution is -0.152. The number of hydrogen-bond acceptors (Lipinski definition) is 3. The number of piperazine rings is 1. The molecular formula is C14H24N2O2S. The van der Waals surface area contributed by atoms with E-state index in [1.165, 1.54) is 5.75 Å². The third-order valence-electron chi connectivity index (χ3n) is 4.00. The summed E-state index contributed by atoms with van der Waals surface area (Å²) in [6.07, 6.45) is 4.56. The summed E-state index contributed by atoms with van der Waals surface area (Å²) in [7, 11) is 0. The third-order valence-corrected chi connectivity index (χ3v) is 5.20. The molecule has 3 unspecified atom stereocenters. The third kappa shape index (κ3) is 3.07. The maximum atomic E-state index is 12.6. The van der Waals surface area contributed by atoms with Crippen LogP contribution >= 0.6 is 11.8 Å². The molecule has 5 heteroatoms. The molecule has 2 rings (SSSR count). The van der Waals surface area contributed by atoms with E-state index in [0.29, 0.717) is 6.42 Å². The number of amides is 2. The molecule has 0 aromatic rings. The highest BCUT2D eigenvalue weighted by molar-refractivity contribution is 7.99. The Morgan fingerprint density at radius 1 is 1.37 bits per heavy atom. The number of carbonyl (C=O) groups is 2. The van der Waals surface area contributed by atoms with Gasteiger partial charge in [0.25, 0.3) is 0 Å². The first kappa shape index (κ1) is 14.7. The Morgan fingerprint density at radius 2 is 2.16 bits per heavy atom. The van der Waals surface area contributed by atoms with Gasteiger partial charge in [-0.05, 0) is 31.4 Å². The molecule has 3 atom stereocenters. The van der Waals surface area contributed by atoms with E-state index in [1.807, 2.05) is 30.5 Å². The first-order chi connectivity index (χ1) is 9.19. The van der Waals surface area contributed by atoms with Gasteiger partial charge in [-0.1, -0.05) is 20.3 Å². The molecule has 4 nitrogen and oxygen atoms in total. The Labute approximate surface area is 119 Å². The zero-order valence-electron chi connectivity index (χ0n) is 11.9. The minimum absolute atomic E-state index is 0.0381. The van der Waals surface area contributed by atoms with Crippen molar-refractivity contribution < 1.29 is 9.59 Å². The molecule has 0 spiro atoms. The number of carbonyl (C=O) groups excluding carboxylic acids is 2. The average Bonchev–Trinajstić information content (AvgIpc) is 2.43. The van der Waals surface area contributed by atoms with Gasteiger partial charge in [-0.25, -0.2) is 0 Å². The summed E-state index contributed by atoms with van der Waals surface area (Å²) in [5.74, 6) is 2.34. The lowest BCUT2D eigenvalue weighted by Gasteiger charge is -2.44. The van der Waals surface area contributed by atoms with Crippen LogP contribution in [-0.2, 0) is 9.59 Å². The highest BCUT2D eigenvalue weighted by Crippen LogP contribution is 2.27. The van der Waals surface area contributed by atoms with Crippen molar-refractivity contribution >= 4 is 23.6 Å². The van der Waals surface area contributed by atoms with Crippen LogP contribution in [0.3, 0.4) is 0 Å². The van der Waals surface area contributed by atoms with E-state index in [-0.39, 0.29) is 29.9 Å². The van der Waals surface area contributed by atoms with Gasteiger partial charge in [-0.2, -0.15) is 11.8 Å². The smallest absolute Gasteiger partial charge is 0.246 e. The van der Waals surface area contributed by atoms with E-state index in [1.54, 1.807) is 0 Å². The minimum atomic E-state index is -0.299. The van der Waals surface area contributed by atoms with Crippen molar-refractivity contribution in [2.45, 2.75) is 64.1 Å². The average molecular weight is 284 g/mol. The van der Waals surface area contributed by atoms with Crippen molar-refractivity contribution in [3.05, 3.63) is 0 Å². The van der Waals surface area contributed by atoms with Gasteiger partial charge in [-0.3, -0.25) is 9.59 Å². The van der Waals surface area contributed by atoms with Crippen molar-refractivity contribution in [1.29, 1.82) is 0 Å². The van der Waals surface area contributed by atoms with Crippen molar-refractivity contribution in [3.63, 3.8) is 0 Å². The molecule has 2 heterocycles. The summed E-state index contributed by atoms with van der Waals surface area (Å²) in [5.41, 5.74) is 0. The first-order valence-electron chi connectivity index (χ1n) is 7.39. The van der Waals surface area contributed by atoms with Crippen LogP contribution in [0.2, 0.25) is 0 Å². The molecule has 19 heavy (non-hydrogen) atoms. The summed E-state index contributed by atoms with van der Waals surface area (Å²) >= 11 is 1.90.